The molecule has 1 unspecified atom stereocenters. The van der Waals surface area contributed by atoms with E-state index >= 15 is 0 Å². The summed E-state index contributed by atoms with van der Waals surface area (Å²) in [6.45, 7) is 4.64. The number of halogens is 1. The summed E-state index contributed by atoms with van der Waals surface area (Å²) in [5.74, 6) is 1.63. The van der Waals surface area contributed by atoms with Crippen LogP contribution in [0.25, 0.3) is 0 Å². The Hall–Kier alpha value is 0.210. The lowest BCUT2D eigenvalue weighted by Gasteiger charge is -2.29. The molecule has 2 nitrogen and oxygen atoms in total. The SMILES string of the molecule is CN1CCCC(CCNCCCl)C1. The second-order valence-corrected chi connectivity index (χ2v) is 4.38. The van der Waals surface area contributed by atoms with Crippen LogP contribution in [-0.4, -0.2) is 44.0 Å². The number of hydrogen-bond acceptors (Lipinski definition) is 2. The molecule has 1 fully saturated rings. The van der Waals surface area contributed by atoms with Crippen molar-refractivity contribution in [1.82, 2.24) is 10.2 Å². The Labute approximate surface area is 86.6 Å². The Morgan fingerprint density at radius 1 is 1.46 bits per heavy atom. The summed E-state index contributed by atoms with van der Waals surface area (Å²) in [6, 6.07) is 0. The Bertz CT molecular complexity index is 130. The third-order valence-electron chi connectivity index (χ3n) is 2.72. The van der Waals surface area contributed by atoms with Crippen LogP contribution < -0.4 is 5.32 Å². The van der Waals surface area contributed by atoms with Gasteiger partial charge in [-0.05, 0) is 45.3 Å². The molecule has 1 atom stereocenters. The van der Waals surface area contributed by atoms with Crippen LogP contribution in [-0.2, 0) is 0 Å². The summed E-state index contributed by atoms with van der Waals surface area (Å²) < 4.78 is 0. The van der Waals surface area contributed by atoms with Crippen LogP contribution in [0, 0.1) is 5.92 Å². The zero-order valence-electron chi connectivity index (χ0n) is 8.56. The minimum absolute atomic E-state index is 0.727. The minimum Gasteiger partial charge on any atom is -0.316 e. The van der Waals surface area contributed by atoms with Gasteiger partial charge in [-0.25, -0.2) is 0 Å². The maximum absolute atomic E-state index is 5.58. The monoisotopic (exact) mass is 204 g/mol. The molecule has 0 spiro atoms. The quantitative estimate of drug-likeness (QED) is 0.540. The normalized spacial score (nSPS) is 24.9. The van der Waals surface area contributed by atoms with Gasteiger partial charge in [-0.1, -0.05) is 0 Å². The van der Waals surface area contributed by atoms with E-state index in [0.717, 1.165) is 24.9 Å². The molecule has 0 aliphatic carbocycles. The molecule has 1 aliphatic heterocycles. The van der Waals surface area contributed by atoms with Gasteiger partial charge in [0.15, 0.2) is 0 Å². The molecule has 3 heteroatoms. The van der Waals surface area contributed by atoms with E-state index in [1.54, 1.807) is 0 Å². The Balaban J connectivity index is 2.00. The Kier molecular flexibility index (Phi) is 5.76. The molecule has 78 valence electrons. The molecule has 1 saturated heterocycles. The zero-order valence-corrected chi connectivity index (χ0v) is 9.32. The first-order valence-corrected chi connectivity index (χ1v) is 5.81. The summed E-state index contributed by atoms with van der Waals surface area (Å²) >= 11 is 5.58. The van der Waals surface area contributed by atoms with E-state index in [9.17, 15) is 0 Å². The van der Waals surface area contributed by atoms with Crippen molar-refractivity contribution in [1.29, 1.82) is 0 Å². The van der Waals surface area contributed by atoms with Crippen molar-refractivity contribution >= 4 is 11.6 Å². The fraction of sp³-hybridized carbons (Fsp3) is 1.00. The van der Waals surface area contributed by atoms with Crippen LogP contribution in [0.5, 0.6) is 0 Å². The van der Waals surface area contributed by atoms with Gasteiger partial charge in [0.2, 0.25) is 0 Å². The standard InChI is InChI=1S/C10H21ClN2/c1-13-8-2-3-10(9-13)4-6-12-7-5-11/h10,12H,2-9H2,1H3. The van der Waals surface area contributed by atoms with Crippen LogP contribution in [0.15, 0.2) is 0 Å². The predicted octanol–water partition coefficient (Wildman–Crippen LogP) is 1.55. The van der Waals surface area contributed by atoms with Gasteiger partial charge in [0.1, 0.15) is 0 Å². The summed E-state index contributed by atoms with van der Waals surface area (Å²) in [6.07, 6.45) is 4.09. The van der Waals surface area contributed by atoms with E-state index in [1.807, 2.05) is 0 Å². The van der Waals surface area contributed by atoms with Crippen LogP contribution in [0.3, 0.4) is 0 Å². The molecule has 0 radical (unpaired) electrons. The van der Waals surface area contributed by atoms with Crippen LogP contribution in [0.4, 0.5) is 0 Å². The van der Waals surface area contributed by atoms with Crippen LogP contribution in [0.1, 0.15) is 19.3 Å². The largest absolute Gasteiger partial charge is 0.316 e. The maximum Gasteiger partial charge on any atom is 0.0348 e. The highest BCUT2D eigenvalue weighted by molar-refractivity contribution is 6.18. The zero-order chi connectivity index (χ0) is 9.52. The molecule has 13 heavy (non-hydrogen) atoms. The van der Waals surface area contributed by atoms with Gasteiger partial charge in [-0.15, -0.1) is 11.6 Å². The second kappa shape index (κ2) is 6.63. The van der Waals surface area contributed by atoms with Crippen molar-refractivity contribution in [2.75, 3.05) is 39.1 Å². The molecule has 1 aliphatic rings. The predicted molar refractivity (Wildman–Crippen MR) is 58.4 cm³/mol. The summed E-state index contributed by atoms with van der Waals surface area (Å²) in [7, 11) is 2.22. The summed E-state index contributed by atoms with van der Waals surface area (Å²) in [5, 5.41) is 3.35. The van der Waals surface area contributed by atoms with E-state index in [2.05, 4.69) is 17.3 Å². The van der Waals surface area contributed by atoms with E-state index < -0.39 is 0 Å². The highest BCUT2D eigenvalue weighted by atomic mass is 35.5. The third kappa shape index (κ3) is 4.84. The highest BCUT2D eigenvalue weighted by Gasteiger charge is 2.15. The van der Waals surface area contributed by atoms with Crippen molar-refractivity contribution < 1.29 is 0 Å². The van der Waals surface area contributed by atoms with Gasteiger partial charge < -0.3 is 10.2 Å². The highest BCUT2D eigenvalue weighted by Crippen LogP contribution is 2.17. The van der Waals surface area contributed by atoms with Crippen molar-refractivity contribution in [3.63, 3.8) is 0 Å². The molecule has 0 saturated carbocycles. The third-order valence-corrected chi connectivity index (χ3v) is 2.91. The lowest BCUT2D eigenvalue weighted by atomic mass is 9.95. The number of likely N-dealkylation sites (tertiary alicyclic amines) is 1. The van der Waals surface area contributed by atoms with Crippen molar-refractivity contribution in [2.45, 2.75) is 19.3 Å². The number of piperidine rings is 1. The lowest BCUT2D eigenvalue weighted by Crippen LogP contribution is -2.33. The average molecular weight is 205 g/mol. The van der Waals surface area contributed by atoms with E-state index in [0.29, 0.717) is 0 Å². The van der Waals surface area contributed by atoms with Gasteiger partial charge in [0.05, 0.1) is 0 Å². The first kappa shape index (κ1) is 11.3. The number of nitrogens with one attached hydrogen (secondary N) is 1. The summed E-state index contributed by atoms with van der Waals surface area (Å²) in [5.41, 5.74) is 0. The fourth-order valence-electron chi connectivity index (χ4n) is 2.01. The number of rotatable bonds is 5. The molecule has 0 aromatic rings. The van der Waals surface area contributed by atoms with Crippen molar-refractivity contribution in [3.05, 3.63) is 0 Å². The van der Waals surface area contributed by atoms with Crippen molar-refractivity contribution in [3.8, 4) is 0 Å². The topological polar surface area (TPSA) is 15.3 Å². The van der Waals surface area contributed by atoms with Crippen LogP contribution in [0.2, 0.25) is 0 Å². The molecule has 0 bridgehead atoms. The number of alkyl halides is 1. The average Bonchev–Trinajstić information content (AvgIpc) is 2.13. The molecular formula is C10H21ClN2. The van der Waals surface area contributed by atoms with E-state index in [4.69, 9.17) is 11.6 Å². The maximum atomic E-state index is 5.58. The van der Waals surface area contributed by atoms with Crippen molar-refractivity contribution in [2.24, 2.45) is 5.92 Å². The lowest BCUT2D eigenvalue weighted by molar-refractivity contribution is 0.202. The minimum atomic E-state index is 0.727. The number of nitrogens with zero attached hydrogens (tertiary/aromatic N) is 1. The summed E-state index contributed by atoms with van der Waals surface area (Å²) in [4.78, 5) is 2.44. The van der Waals surface area contributed by atoms with Gasteiger partial charge in [0, 0.05) is 19.0 Å². The smallest absolute Gasteiger partial charge is 0.0348 e. The molecule has 1 heterocycles. The Morgan fingerprint density at radius 3 is 3.00 bits per heavy atom. The molecule has 1 rings (SSSR count). The molecule has 1 N–H and O–H groups in total. The molecule has 0 aromatic heterocycles. The first-order chi connectivity index (χ1) is 6.33. The number of hydrogen-bond donors (Lipinski definition) is 1. The molecular weight excluding hydrogens is 184 g/mol. The van der Waals surface area contributed by atoms with Gasteiger partial charge in [0.25, 0.3) is 0 Å². The molecule has 0 amide bonds. The van der Waals surface area contributed by atoms with E-state index in [1.165, 1.54) is 32.4 Å². The fourth-order valence-corrected chi connectivity index (χ4v) is 2.14. The Morgan fingerprint density at radius 2 is 2.31 bits per heavy atom. The van der Waals surface area contributed by atoms with Crippen LogP contribution >= 0.6 is 11.6 Å². The second-order valence-electron chi connectivity index (χ2n) is 4.00. The van der Waals surface area contributed by atoms with E-state index in [-0.39, 0.29) is 0 Å². The van der Waals surface area contributed by atoms with Gasteiger partial charge in [-0.3, -0.25) is 0 Å². The molecule has 0 aromatic carbocycles. The van der Waals surface area contributed by atoms with Gasteiger partial charge in [-0.2, -0.15) is 0 Å². The van der Waals surface area contributed by atoms with Gasteiger partial charge >= 0.3 is 0 Å². The first-order valence-electron chi connectivity index (χ1n) is 5.28.